The van der Waals surface area contributed by atoms with Gasteiger partial charge in [-0.05, 0) is 74.2 Å². The van der Waals surface area contributed by atoms with Crippen LogP contribution in [-0.4, -0.2) is 23.5 Å². The molecule has 3 rings (SSSR count). The van der Waals surface area contributed by atoms with Crippen molar-refractivity contribution in [3.05, 3.63) is 45.8 Å². The number of anilines is 1. The van der Waals surface area contributed by atoms with E-state index < -0.39 is 5.91 Å². The number of carbonyl (C=O) groups excluding carboxylic acids is 2. The van der Waals surface area contributed by atoms with Gasteiger partial charge < -0.3 is 15.8 Å². The van der Waals surface area contributed by atoms with E-state index in [0.717, 1.165) is 29.7 Å². The second-order valence-corrected chi connectivity index (χ2v) is 8.30. The molecule has 0 radical (unpaired) electrons. The number of hydrogen-bond acceptors (Lipinski definition) is 5. The molecule has 1 aromatic heterocycles. The van der Waals surface area contributed by atoms with Crippen molar-refractivity contribution in [1.82, 2.24) is 5.32 Å². The Hall–Kier alpha value is -2.45. The van der Waals surface area contributed by atoms with Gasteiger partial charge in [-0.2, -0.15) is 0 Å². The molecule has 0 unspecified atom stereocenters. The molecule has 148 valence electrons. The number of hydrogen-bond donors (Lipinski definition) is 3. The molecule has 2 aromatic rings. The van der Waals surface area contributed by atoms with Crippen molar-refractivity contribution in [2.24, 2.45) is 11.7 Å². The van der Waals surface area contributed by atoms with Crippen molar-refractivity contribution in [1.29, 1.82) is 0 Å². The minimum Gasteiger partial charge on any atom is -0.494 e. The molecule has 0 aliphatic heterocycles. The number of nitrogens with two attached hydrogens (primary N) is 1. The molecular weight excluding hydrogens is 394 g/mol. The van der Waals surface area contributed by atoms with Gasteiger partial charge >= 0.3 is 0 Å². The van der Waals surface area contributed by atoms with Crippen LogP contribution in [0.15, 0.2) is 24.3 Å². The number of primary amides is 1. The summed E-state index contributed by atoms with van der Waals surface area (Å²) in [6.07, 6.45) is 2.79. The topological polar surface area (TPSA) is 93.4 Å². The largest absolute Gasteiger partial charge is 0.494 e. The second-order valence-electron chi connectivity index (χ2n) is 6.79. The molecule has 4 N–H and O–H groups in total. The summed E-state index contributed by atoms with van der Waals surface area (Å²) < 4.78 is 5.37. The molecular formula is C20H23N3O3S2. The number of thiophene rings is 1. The number of rotatable bonds is 5. The zero-order valence-electron chi connectivity index (χ0n) is 15.8. The van der Waals surface area contributed by atoms with Crippen molar-refractivity contribution in [3.8, 4) is 5.75 Å². The van der Waals surface area contributed by atoms with Crippen LogP contribution in [0.5, 0.6) is 5.75 Å². The molecule has 1 aliphatic rings. The second kappa shape index (κ2) is 8.70. The molecule has 0 bridgehead atoms. The first-order valence-corrected chi connectivity index (χ1v) is 10.4. The molecule has 0 saturated heterocycles. The standard InChI is InChI=1S/C20H23N3O3S2/c1-3-26-13-7-5-12(6-8-13)18(25)22-20(27)23-19-16(17(21)24)14-9-4-11(2)10-15(14)28-19/h5-8,11H,3-4,9-10H2,1-2H3,(H2,21,24)(H2,22,23,25,27)/t11-/m0/s1. The highest BCUT2D eigenvalue weighted by molar-refractivity contribution is 7.80. The third-order valence-electron chi connectivity index (χ3n) is 4.64. The highest BCUT2D eigenvalue weighted by Gasteiger charge is 2.27. The number of ether oxygens (including phenoxy) is 1. The smallest absolute Gasteiger partial charge is 0.257 e. The molecule has 1 aliphatic carbocycles. The van der Waals surface area contributed by atoms with E-state index >= 15 is 0 Å². The molecule has 6 nitrogen and oxygen atoms in total. The fourth-order valence-corrected chi connectivity index (χ4v) is 4.96. The highest BCUT2D eigenvalue weighted by Crippen LogP contribution is 2.39. The van der Waals surface area contributed by atoms with Gasteiger partial charge in [0.25, 0.3) is 11.8 Å². The monoisotopic (exact) mass is 417 g/mol. The Balaban J connectivity index is 1.71. The first-order valence-electron chi connectivity index (χ1n) is 9.18. The maximum atomic E-state index is 12.4. The minimum atomic E-state index is -0.477. The van der Waals surface area contributed by atoms with E-state index in [0.29, 0.717) is 34.4 Å². The van der Waals surface area contributed by atoms with Crippen LogP contribution < -0.4 is 21.1 Å². The van der Waals surface area contributed by atoms with Gasteiger partial charge in [0.05, 0.1) is 12.2 Å². The summed E-state index contributed by atoms with van der Waals surface area (Å²) in [4.78, 5) is 25.6. The zero-order chi connectivity index (χ0) is 20.3. The molecule has 1 aromatic carbocycles. The van der Waals surface area contributed by atoms with Crippen LogP contribution in [0.2, 0.25) is 0 Å². The van der Waals surface area contributed by atoms with Gasteiger partial charge in [0.2, 0.25) is 0 Å². The van der Waals surface area contributed by atoms with Crippen LogP contribution >= 0.6 is 23.6 Å². The first-order chi connectivity index (χ1) is 13.4. The fraction of sp³-hybridized carbons (Fsp3) is 0.350. The van der Waals surface area contributed by atoms with Crippen molar-refractivity contribution in [3.63, 3.8) is 0 Å². The normalized spacial score (nSPS) is 15.4. The van der Waals surface area contributed by atoms with Crippen molar-refractivity contribution in [2.45, 2.75) is 33.1 Å². The molecule has 2 amide bonds. The third-order valence-corrected chi connectivity index (χ3v) is 6.01. The molecule has 8 heteroatoms. The van der Waals surface area contributed by atoms with Crippen LogP contribution in [0.25, 0.3) is 0 Å². The minimum absolute atomic E-state index is 0.132. The maximum absolute atomic E-state index is 12.4. The van der Waals surface area contributed by atoms with Crippen molar-refractivity contribution in [2.75, 3.05) is 11.9 Å². The van der Waals surface area contributed by atoms with Crippen LogP contribution in [0, 0.1) is 5.92 Å². The number of nitrogens with one attached hydrogen (secondary N) is 2. The van der Waals surface area contributed by atoms with E-state index in [4.69, 9.17) is 22.7 Å². The third kappa shape index (κ3) is 4.51. The van der Waals surface area contributed by atoms with Crippen molar-refractivity contribution < 1.29 is 14.3 Å². The van der Waals surface area contributed by atoms with Crippen LogP contribution in [0.4, 0.5) is 5.00 Å². The predicted octanol–water partition coefficient (Wildman–Crippen LogP) is 3.50. The van der Waals surface area contributed by atoms with E-state index in [-0.39, 0.29) is 11.0 Å². The van der Waals surface area contributed by atoms with Gasteiger partial charge in [-0.1, -0.05) is 6.92 Å². The maximum Gasteiger partial charge on any atom is 0.257 e. The van der Waals surface area contributed by atoms with Gasteiger partial charge in [-0.25, -0.2) is 0 Å². The summed E-state index contributed by atoms with van der Waals surface area (Å²) in [5, 5.41) is 6.37. The Labute approximate surface area is 173 Å². The molecule has 1 atom stereocenters. The van der Waals surface area contributed by atoms with E-state index in [9.17, 15) is 9.59 Å². The Kier molecular flexibility index (Phi) is 6.31. The molecule has 28 heavy (non-hydrogen) atoms. The summed E-state index contributed by atoms with van der Waals surface area (Å²) in [5.74, 6) is 0.460. The fourth-order valence-electron chi connectivity index (χ4n) is 3.28. The van der Waals surface area contributed by atoms with E-state index in [1.165, 1.54) is 11.3 Å². The lowest BCUT2D eigenvalue weighted by Gasteiger charge is -2.18. The molecule has 0 fully saturated rings. The predicted molar refractivity (Wildman–Crippen MR) is 115 cm³/mol. The Morgan fingerprint density at radius 3 is 2.68 bits per heavy atom. The first kappa shape index (κ1) is 20.3. The van der Waals surface area contributed by atoms with Crippen LogP contribution in [0.3, 0.4) is 0 Å². The molecule has 1 heterocycles. The lowest BCUT2D eigenvalue weighted by molar-refractivity contribution is 0.0975. The average Bonchev–Trinajstić information content (AvgIpc) is 2.99. The van der Waals surface area contributed by atoms with Crippen LogP contribution in [0.1, 0.15) is 51.4 Å². The van der Waals surface area contributed by atoms with E-state index in [1.54, 1.807) is 24.3 Å². The quantitative estimate of drug-likeness (QED) is 0.648. The summed E-state index contributed by atoms with van der Waals surface area (Å²) in [7, 11) is 0. The lowest BCUT2D eigenvalue weighted by Crippen LogP contribution is -2.34. The van der Waals surface area contributed by atoms with Gasteiger partial charge in [0.1, 0.15) is 10.8 Å². The summed E-state index contributed by atoms with van der Waals surface area (Å²) in [6.45, 7) is 4.65. The van der Waals surface area contributed by atoms with Gasteiger partial charge in [0, 0.05) is 10.4 Å². The van der Waals surface area contributed by atoms with Gasteiger partial charge in [-0.15, -0.1) is 11.3 Å². The highest BCUT2D eigenvalue weighted by atomic mass is 32.1. The average molecular weight is 418 g/mol. The lowest BCUT2D eigenvalue weighted by atomic mass is 9.88. The zero-order valence-corrected chi connectivity index (χ0v) is 17.5. The summed E-state index contributed by atoms with van der Waals surface area (Å²) in [5.41, 5.74) is 7.57. The van der Waals surface area contributed by atoms with E-state index in [2.05, 4.69) is 17.6 Å². The Morgan fingerprint density at radius 1 is 1.32 bits per heavy atom. The van der Waals surface area contributed by atoms with Gasteiger partial charge in [0.15, 0.2) is 5.11 Å². The van der Waals surface area contributed by atoms with Gasteiger partial charge in [-0.3, -0.25) is 14.9 Å². The number of carbonyl (C=O) groups is 2. The number of thiocarbonyl (C=S) groups is 1. The summed E-state index contributed by atoms with van der Waals surface area (Å²) >= 11 is 6.76. The summed E-state index contributed by atoms with van der Waals surface area (Å²) in [6, 6.07) is 6.80. The molecule has 0 spiro atoms. The Morgan fingerprint density at radius 2 is 2.04 bits per heavy atom. The number of fused-ring (bicyclic) bond motifs is 1. The Bertz CT molecular complexity index is 906. The SMILES string of the molecule is CCOc1ccc(C(=O)NC(=S)Nc2sc3c(c2C(N)=O)CC[C@H](C)C3)cc1. The number of benzene rings is 1. The van der Waals surface area contributed by atoms with E-state index in [1.807, 2.05) is 6.92 Å². The number of amides is 2. The van der Waals surface area contributed by atoms with Crippen LogP contribution in [-0.2, 0) is 12.8 Å². The van der Waals surface area contributed by atoms with Crippen molar-refractivity contribution >= 4 is 45.5 Å². The molecule has 0 saturated carbocycles.